The van der Waals surface area contributed by atoms with Crippen molar-refractivity contribution in [3.8, 4) is 5.75 Å². The predicted octanol–water partition coefficient (Wildman–Crippen LogP) is 5.35. The summed E-state index contributed by atoms with van der Waals surface area (Å²) in [6, 6.07) is 9.89. The predicted molar refractivity (Wildman–Crippen MR) is 96.8 cm³/mol. The van der Waals surface area contributed by atoms with E-state index < -0.39 is 0 Å². The molecular weight excluding hydrogens is 270 g/mol. The van der Waals surface area contributed by atoms with Crippen LogP contribution in [-0.4, -0.2) is 19.2 Å². The number of aryl methyl sites for hydroxylation is 1. The topological polar surface area (TPSA) is 21.3 Å². The first kappa shape index (κ1) is 19.0. The van der Waals surface area contributed by atoms with Crippen molar-refractivity contribution >= 4 is 0 Å². The third kappa shape index (κ3) is 6.83. The highest BCUT2D eigenvalue weighted by atomic mass is 16.5. The molecule has 0 bridgehead atoms. The largest absolute Gasteiger partial charge is 0.497 e. The van der Waals surface area contributed by atoms with Gasteiger partial charge in [-0.15, -0.1) is 0 Å². The highest BCUT2D eigenvalue weighted by molar-refractivity contribution is 5.28. The molecular formula is C20H35NO. The van der Waals surface area contributed by atoms with Gasteiger partial charge in [-0.2, -0.15) is 0 Å². The van der Waals surface area contributed by atoms with Crippen LogP contribution in [0.2, 0.25) is 0 Å². The molecule has 2 rings (SSSR count). The second-order valence-corrected chi connectivity index (χ2v) is 6.00. The van der Waals surface area contributed by atoms with E-state index in [0.29, 0.717) is 6.04 Å². The molecule has 1 N–H and O–H groups in total. The standard InChI is InChI=1S/C18H29NO.C2H6/c1-3-16(19-17-9-5-4-6-10-17)13-12-15-8-7-11-18(14-15)20-2;1-2/h7-8,11,14,16-17,19H,3-6,9-10,12-13H2,1-2H3;1-2H3. The molecule has 2 nitrogen and oxygen atoms in total. The van der Waals surface area contributed by atoms with Crippen LogP contribution in [0.4, 0.5) is 0 Å². The second-order valence-electron chi connectivity index (χ2n) is 6.00. The molecule has 1 fully saturated rings. The molecule has 1 aromatic carbocycles. The first-order valence-corrected chi connectivity index (χ1v) is 9.20. The van der Waals surface area contributed by atoms with E-state index in [2.05, 4.69) is 30.4 Å². The highest BCUT2D eigenvalue weighted by Crippen LogP contribution is 2.20. The summed E-state index contributed by atoms with van der Waals surface area (Å²) >= 11 is 0. The molecule has 126 valence electrons. The van der Waals surface area contributed by atoms with Gasteiger partial charge in [0, 0.05) is 12.1 Å². The maximum atomic E-state index is 5.29. The summed E-state index contributed by atoms with van der Waals surface area (Å²) in [4.78, 5) is 0. The molecule has 1 aliphatic rings. The summed E-state index contributed by atoms with van der Waals surface area (Å²) in [6.07, 6.45) is 10.6. The lowest BCUT2D eigenvalue weighted by Gasteiger charge is -2.28. The summed E-state index contributed by atoms with van der Waals surface area (Å²) < 4.78 is 5.29. The smallest absolute Gasteiger partial charge is 0.119 e. The van der Waals surface area contributed by atoms with Crippen LogP contribution < -0.4 is 10.1 Å². The van der Waals surface area contributed by atoms with Crippen molar-refractivity contribution < 1.29 is 4.74 Å². The van der Waals surface area contributed by atoms with Crippen LogP contribution in [0.25, 0.3) is 0 Å². The van der Waals surface area contributed by atoms with Crippen LogP contribution in [0.15, 0.2) is 24.3 Å². The van der Waals surface area contributed by atoms with Crippen LogP contribution in [-0.2, 0) is 6.42 Å². The SMILES string of the molecule is CC.CCC(CCc1cccc(OC)c1)NC1CCCCC1. The van der Waals surface area contributed by atoms with Gasteiger partial charge in [0.1, 0.15) is 5.75 Å². The Kier molecular flexibility index (Phi) is 9.98. The molecule has 0 amide bonds. The fourth-order valence-electron chi connectivity index (χ4n) is 3.18. The van der Waals surface area contributed by atoms with E-state index in [1.165, 1.54) is 50.5 Å². The zero-order chi connectivity index (χ0) is 16.2. The normalized spacial score (nSPS) is 16.5. The lowest BCUT2D eigenvalue weighted by Crippen LogP contribution is -2.39. The van der Waals surface area contributed by atoms with Gasteiger partial charge in [-0.05, 0) is 49.8 Å². The van der Waals surface area contributed by atoms with Gasteiger partial charge in [-0.1, -0.05) is 52.2 Å². The number of methoxy groups -OCH3 is 1. The van der Waals surface area contributed by atoms with E-state index in [-0.39, 0.29) is 0 Å². The minimum Gasteiger partial charge on any atom is -0.497 e. The van der Waals surface area contributed by atoms with Gasteiger partial charge < -0.3 is 10.1 Å². The Labute approximate surface area is 137 Å². The first-order chi connectivity index (χ1) is 10.8. The Morgan fingerprint density at radius 2 is 1.91 bits per heavy atom. The van der Waals surface area contributed by atoms with Gasteiger partial charge in [-0.3, -0.25) is 0 Å². The molecule has 0 heterocycles. The first-order valence-electron chi connectivity index (χ1n) is 9.20. The molecule has 0 radical (unpaired) electrons. The molecule has 1 unspecified atom stereocenters. The summed E-state index contributed by atoms with van der Waals surface area (Å²) in [6.45, 7) is 6.30. The van der Waals surface area contributed by atoms with Crippen molar-refractivity contribution in [2.24, 2.45) is 0 Å². The van der Waals surface area contributed by atoms with E-state index in [1.54, 1.807) is 7.11 Å². The lowest BCUT2D eigenvalue weighted by atomic mass is 9.93. The Bertz CT molecular complexity index is 385. The molecule has 0 aliphatic heterocycles. The Hall–Kier alpha value is -1.02. The van der Waals surface area contributed by atoms with Gasteiger partial charge in [-0.25, -0.2) is 0 Å². The summed E-state index contributed by atoms with van der Waals surface area (Å²) in [5, 5.41) is 3.87. The Balaban J connectivity index is 0.00000116. The van der Waals surface area contributed by atoms with Crippen molar-refractivity contribution in [1.29, 1.82) is 0 Å². The molecule has 1 saturated carbocycles. The fourth-order valence-corrected chi connectivity index (χ4v) is 3.18. The number of hydrogen-bond donors (Lipinski definition) is 1. The van der Waals surface area contributed by atoms with E-state index in [1.807, 2.05) is 19.9 Å². The molecule has 1 atom stereocenters. The zero-order valence-electron chi connectivity index (χ0n) is 15.0. The summed E-state index contributed by atoms with van der Waals surface area (Å²) in [7, 11) is 1.73. The molecule has 1 aliphatic carbocycles. The summed E-state index contributed by atoms with van der Waals surface area (Å²) in [5.41, 5.74) is 1.38. The van der Waals surface area contributed by atoms with Gasteiger partial charge in [0.2, 0.25) is 0 Å². The van der Waals surface area contributed by atoms with Crippen LogP contribution in [0.5, 0.6) is 5.75 Å². The summed E-state index contributed by atoms with van der Waals surface area (Å²) in [5.74, 6) is 0.968. The van der Waals surface area contributed by atoms with Crippen LogP contribution >= 0.6 is 0 Å². The molecule has 0 spiro atoms. The van der Waals surface area contributed by atoms with E-state index >= 15 is 0 Å². The molecule has 0 aromatic heterocycles. The van der Waals surface area contributed by atoms with Crippen LogP contribution in [0.3, 0.4) is 0 Å². The van der Waals surface area contributed by atoms with Crippen LogP contribution in [0, 0.1) is 0 Å². The van der Waals surface area contributed by atoms with E-state index in [9.17, 15) is 0 Å². The molecule has 1 aromatic rings. The average molecular weight is 306 g/mol. The minimum atomic E-state index is 0.657. The quantitative estimate of drug-likeness (QED) is 0.732. The lowest BCUT2D eigenvalue weighted by molar-refractivity contribution is 0.322. The van der Waals surface area contributed by atoms with Crippen LogP contribution in [0.1, 0.15) is 71.3 Å². The van der Waals surface area contributed by atoms with Gasteiger partial charge in [0.25, 0.3) is 0 Å². The highest BCUT2D eigenvalue weighted by Gasteiger charge is 2.16. The third-order valence-corrected chi connectivity index (χ3v) is 4.48. The minimum absolute atomic E-state index is 0.657. The number of ether oxygens (including phenoxy) is 1. The van der Waals surface area contributed by atoms with E-state index in [0.717, 1.165) is 18.2 Å². The van der Waals surface area contributed by atoms with Crippen molar-refractivity contribution in [2.45, 2.75) is 84.2 Å². The van der Waals surface area contributed by atoms with Crippen molar-refractivity contribution in [3.05, 3.63) is 29.8 Å². The van der Waals surface area contributed by atoms with Crippen molar-refractivity contribution in [1.82, 2.24) is 5.32 Å². The molecule has 22 heavy (non-hydrogen) atoms. The average Bonchev–Trinajstić information content (AvgIpc) is 2.61. The van der Waals surface area contributed by atoms with E-state index in [4.69, 9.17) is 4.74 Å². The molecule has 0 saturated heterocycles. The fraction of sp³-hybridized carbons (Fsp3) is 0.700. The number of rotatable bonds is 7. The van der Waals surface area contributed by atoms with Gasteiger partial charge >= 0.3 is 0 Å². The molecule has 2 heteroatoms. The number of hydrogen-bond acceptors (Lipinski definition) is 2. The number of benzene rings is 1. The Morgan fingerprint density at radius 1 is 1.18 bits per heavy atom. The monoisotopic (exact) mass is 305 g/mol. The second kappa shape index (κ2) is 11.5. The maximum absolute atomic E-state index is 5.29. The van der Waals surface area contributed by atoms with Crippen molar-refractivity contribution in [2.75, 3.05) is 7.11 Å². The number of nitrogens with one attached hydrogen (secondary N) is 1. The van der Waals surface area contributed by atoms with Gasteiger partial charge in [0.15, 0.2) is 0 Å². The zero-order valence-corrected chi connectivity index (χ0v) is 15.0. The Morgan fingerprint density at radius 3 is 2.55 bits per heavy atom. The van der Waals surface area contributed by atoms with Crippen molar-refractivity contribution in [3.63, 3.8) is 0 Å². The third-order valence-electron chi connectivity index (χ3n) is 4.48. The van der Waals surface area contributed by atoms with Gasteiger partial charge in [0.05, 0.1) is 7.11 Å². The maximum Gasteiger partial charge on any atom is 0.119 e.